The first-order valence-corrected chi connectivity index (χ1v) is 6.11. The Morgan fingerprint density at radius 2 is 1.76 bits per heavy atom. The minimum absolute atomic E-state index is 0.111. The monoisotopic (exact) mass is 309 g/mol. The molecule has 0 radical (unpaired) electrons. The first-order valence-electron chi connectivity index (χ1n) is 4.94. The molecule has 4 heteroatoms. The lowest BCUT2D eigenvalue weighted by atomic mass is 10.0. The van der Waals surface area contributed by atoms with E-state index in [-0.39, 0.29) is 5.78 Å². The molecule has 0 fully saturated rings. The molecule has 2 N–H and O–H groups in total. The summed E-state index contributed by atoms with van der Waals surface area (Å²) in [5.41, 5.74) is 7.36. The van der Waals surface area contributed by atoms with Crippen molar-refractivity contribution in [1.29, 1.82) is 0 Å². The number of nitrogens with two attached hydrogens (primary N) is 1. The fraction of sp³-hybridized carbons (Fsp3) is 0. The van der Waals surface area contributed by atoms with E-state index in [9.17, 15) is 4.79 Å². The van der Waals surface area contributed by atoms with Crippen molar-refractivity contribution < 1.29 is 4.79 Å². The van der Waals surface area contributed by atoms with Crippen LogP contribution >= 0.6 is 27.5 Å². The van der Waals surface area contributed by atoms with Gasteiger partial charge >= 0.3 is 0 Å². The fourth-order valence-corrected chi connectivity index (χ4v) is 1.98. The Balaban J connectivity index is 2.44. The topological polar surface area (TPSA) is 43.1 Å². The van der Waals surface area contributed by atoms with Crippen molar-refractivity contribution >= 4 is 39.0 Å². The summed E-state index contributed by atoms with van der Waals surface area (Å²) in [5, 5.41) is 0.601. The third kappa shape index (κ3) is 2.51. The molecular weight excluding hydrogens is 302 g/mol. The van der Waals surface area contributed by atoms with Crippen LogP contribution in [0, 0.1) is 0 Å². The Labute approximate surface area is 113 Å². The van der Waals surface area contributed by atoms with Crippen molar-refractivity contribution in [2.45, 2.75) is 0 Å². The Hall–Kier alpha value is -1.32. The van der Waals surface area contributed by atoms with Crippen molar-refractivity contribution in [2.24, 2.45) is 0 Å². The molecule has 17 heavy (non-hydrogen) atoms. The van der Waals surface area contributed by atoms with Gasteiger partial charge in [0, 0.05) is 20.6 Å². The SMILES string of the molecule is Nc1c(Br)cccc1C(=O)c1ccc(Cl)cc1. The minimum Gasteiger partial charge on any atom is -0.397 e. The zero-order valence-corrected chi connectivity index (χ0v) is 11.1. The van der Waals surface area contributed by atoms with Gasteiger partial charge in [-0.05, 0) is 52.3 Å². The number of carbonyl (C=O) groups is 1. The maximum atomic E-state index is 12.2. The number of nitrogen functional groups attached to an aromatic ring is 1. The average molecular weight is 311 g/mol. The molecular formula is C13H9BrClNO. The third-order valence-electron chi connectivity index (χ3n) is 2.40. The van der Waals surface area contributed by atoms with Crippen LogP contribution in [0.1, 0.15) is 15.9 Å². The third-order valence-corrected chi connectivity index (χ3v) is 3.35. The summed E-state index contributed by atoms with van der Waals surface area (Å²) >= 11 is 9.08. The van der Waals surface area contributed by atoms with Gasteiger partial charge in [0.1, 0.15) is 0 Å². The fourth-order valence-electron chi connectivity index (χ4n) is 1.49. The molecule has 2 nitrogen and oxygen atoms in total. The average Bonchev–Trinajstić information content (AvgIpc) is 2.33. The molecule has 2 aromatic rings. The number of rotatable bonds is 2. The van der Waals surface area contributed by atoms with E-state index in [4.69, 9.17) is 17.3 Å². The molecule has 0 saturated heterocycles. The minimum atomic E-state index is -0.111. The maximum absolute atomic E-state index is 12.2. The molecule has 0 saturated carbocycles. The highest BCUT2D eigenvalue weighted by Gasteiger charge is 2.13. The van der Waals surface area contributed by atoms with E-state index in [0.29, 0.717) is 21.8 Å². The second-order valence-corrected chi connectivity index (χ2v) is 4.83. The number of para-hydroxylation sites is 1. The standard InChI is InChI=1S/C13H9BrClNO/c14-11-3-1-2-10(12(11)16)13(17)8-4-6-9(15)7-5-8/h1-7H,16H2. The molecule has 0 spiro atoms. The van der Waals surface area contributed by atoms with Crippen LogP contribution in [0.25, 0.3) is 0 Å². The van der Waals surface area contributed by atoms with Gasteiger partial charge in [0.25, 0.3) is 0 Å². The van der Waals surface area contributed by atoms with Crippen LogP contribution in [0.15, 0.2) is 46.9 Å². The molecule has 0 heterocycles. The summed E-state index contributed by atoms with van der Waals surface area (Å²) in [4.78, 5) is 12.2. The summed E-state index contributed by atoms with van der Waals surface area (Å²) in [6.07, 6.45) is 0. The summed E-state index contributed by atoms with van der Waals surface area (Å²) in [6.45, 7) is 0. The molecule has 0 bridgehead atoms. The Kier molecular flexibility index (Phi) is 3.50. The summed E-state index contributed by atoms with van der Waals surface area (Å²) in [5.74, 6) is -0.111. The zero-order valence-electron chi connectivity index (χ0n) is 8.78. The molecule has 0 aromatic heterocycles. The van der Waals surface area contributed by atoms with Crippen LogP contribution in [0.2, 0.25) is 5.02 Å². The van der Waals surface area contributed by atoms with Gasteiger partial charge in [0.05, 0.1) is 5.69 Å². The molecule has 86 valence electrons. The van der Waals surface area contributed by atoms with E-state index in [1.807, 2.05) is 0 Å². The van der Waals surface area contributed by atoms with Crippen molar-refractivity contribution in [3.63, 3.8) is 0 Å². The van der Waals surface area contributed by atoms with Crippen LogP contribution in [0.4, 0.5) is 5.69 Å². The lowest BCUT2D eigenvalue weighted by Crippen LogP contribution is -2.05. The summed E-state index contributed by atoms with van der Waals surface area (Å²) < 4.78 is 0.720. The first-order chi connectivity index (χ1) is 8.09. The van der Waals surface area contributed by atoms with Crippen LogP contribution in [-0.4, -0.2) is 5.78 Å². The normalized spacial score (nSPS) is 10.2. The van der Waals surface area contributed by atoms with E-state index < -0.39 is 0 Å². The molecule has 0 aliphatic rings. The molecule has 0 unspecified atom stereocenters. The number of hydrogen-bond acceptors (Lipinski definition) is 2. The van der Waals surface area contributed by atoms with Gasteiger partial charge < -0.3 is 5.73 Å². The van der Waals surface area contributed by atoms with Crippen LogP contribution < -0.4 is 5.73 Å². The van der Waals surface area contributed by atoms with E-state index in [0.717, 1.165) is 4.47 Å². The number of anilines is 1. The largest absolute Gasteiger partial charge is 0.397 e. The molecule has 2 aromatic carbocycles. The quantitative estimate of drug-likeness (QED) is 0.675. The van der Waals surface area contributed by atoms with E-state index in [1.54, 1.807) is 42.5 Å². The maximum Gasteiger partial charge on any atom is 0.195 e. The molecule has 0 amide bonds. The highest BCUT2D eigenvalue weighted by atomic mass is 79.9. The van der Waals surface area contributed by atoms with E-state index in [1.165, 1.54) is 0 Å². The molecule has 2 rings (SSSR count). The van der Waals surface area contributed by atoms with E-state index in [2.05, 4.69) is 15.9 Å². The smallest absolute Gasteiger partial charge is 0.195 e. The van der Waals surface area contributed by atoms with E-state index >= 15 is 0 Å². The first kappa shape index (κ1) is 12.1. The van der Waals surface area contributed by atoms with Gasteiger partial charge in [0.2, 0.25) is 0 Å². The van der Waals surface area contributed by atoms with Gasteiger partial charge in [-0.3, -0.25) is 4.79 Å². The molecule has 0 atom stereocenters. The number of carbonyl (C=O) groups excluding carboxylic acids is 1. The van der Waals surface area contributed by atoms with Gasteiger partial charge in [0.15, 0.2) is 5.78 Å². The number of halogens is 2. The Morgan fingerprint density at radius 1 is 1.12 bits per heavy atom. The highest BCUT2D eigenvalue weighted by molar-refractivity contribution is 9.10. The summed E-state index contributed by atoms with van der Waals surface area (Å²) in [6, 6.07) is 12.0. The van der Waals surface area contributed by atoms with Gasteiger partial charge in [-0.25, -0.2) is 0 Å². The predicted octanol–water partition coefficient (Wildman–Crippen LogP) is 3.92. The lowest BCUT2D eigenvalue weighted by Gasteiger charge is -2.06. The zero-order chi connectivity index (χ0) is 12.4. The van der Waals surface area contributed by atoms with Crippen LogP contribution in [-0.2, 0) is 0 Å². The Morgan fingerprint density at radius 3 is 2.41 bits per heavy atom. The second kappa shape index (κ2) is 4.90. The molecule has 0 aliphatic carbocycles. The second-order valence-electron chi connectivity index (χ2n) is 3.54. The van der Waals surface area contributed by atoms with Crippen LogP contribution in [0.5, 0.6) is 0 Å². The highest BCUT2D eigenvalue weighted by Crippen LogP contribution is 2.25. The Bertz CT molecular complexity index is 566. The van der Waals surface area contributed by atoms with Crippen molar-refractivity contribution in [3.05, 3.63) is 63.1 Å². The van der Waals surface area contributed by atoms with Gasteiger partial charge in [-0.2, -0.15) is 0 Å². The number of ketones is 1. The summed E-state index contributed by atoms with van der Waals surface area (Å²) in [7, 11) is 0. The van der Waals surface area contributed by atoms with Gasteiger partial charge in [-0.15, -0.1) is 0 Å². The molecule has 0 aliphatic heterocycles. The van der Waals surface area contributed by atoms with Crippen LogP contribution in [0.3, 0.4) is 0 Å². The lowest BCUT2D eigenvalue weighted by molar-refractivity contribution is 0.103. The van der Waals surface area contributed by atoms with Crippen molar-refractivity contribution in [3.8, 4) is 0 Å². The number of benzene rings is 2. The predicted molar refractivity (Wildman–Crippen MR) is 73.4 cm³/mol. The number of hydrogen-bond donors (Lipinski definition) is 1. The van der Waals surface area contributed by atoms with Gasteiger partial charge in [-0.1, -0.05) is 17.7 Å². The van der Waals surface area contributed by atoms with Crippen molar-refractivity contribution in [1.82, 2.24) is 0 Å². The van der Waals surface area contributed by atoms with Crippen molar-refractivity contribution in [2.75, 3.05) is 5.73 Å².